The fourth-order valence-electron chi connectivity index (χ4n) is 5.00. The van der Waals surface area contributed by atoms with Crippen LogP contribution in [0.4, 0.5) is 5.69 Å². The number of rotatable bonds is 2. The van der Waals surface area contributed by atoms with Crippen LogP contribution in [0.25, 0.3) is 38.0 Å². The number of hydrogen-bond donors (Lipinski definition) is 0. The van der Waals surface area contributed by atoms with E-state index in [1.165, 1.54) is 0 Å². The molecule has 2 heterocycles. The first kappa shape index (κ1) is 16.6. The van der Waals surface area contributed by atoms with E-state index in [1.54, 1.807) is 6.07 Å². The summed E-state index contributed by atoms with van der Waals surface area (Å²) in [5, 5.41) is 1.85. The minimum Gasteiger partial charge on any atom is -0.466 e. The van der Waals surface area contributed by atoms with Crippen molar-refractivity contribution in [1.82, 2.24) is 0 Å². The molecule has 0 N–H and O–H groups in total. The van der Waals surface area contributed by atoms with Gasteiger partial charge in [0, 0.05) is 31.2 Å². The number of fused-ring (bicyclic) bond motifs is 3. The van der Waals surface area contributed by atoms with Crippen LogP contribution in [0, 0.1) is 27.3 Å². The second-order valence-corrected chi connectivity index (χ2v) is 8.74. The standard InChI is InChI=1S/C28H29N2O/c1-17-14-18(2)26(28-25(17)22-12-9-13-23(29-4)27(22)31-28)24-16-21(15-19(3)30(24)5)20-10-7-6-8-11-20/h9,12-16,20H,6-8,10-11H2,1-3,5H3/q+1/i15D,16D,20D. The van der Waals surface area contributed by atoms with E-state index in [9.17, 15) is 2.74 Å². The van der Waals surface area contributed by atoms with Gasteiger partial charge in [-0.25, -0.2) is 4.85 Å². The number of furan rings is 1. The lowest BCUT2D eigenvalue weighted by molar-refractivity contribution is -0.666. The van der Waals surface area contributed by atoms with Crippen molar-refractivity contribution < 1.29 is 13.1 Å². The molecule has 5 rings (SSSR count). The predicted octanol–water partition coefficient (Wildman–Crippen LogP) is 7.60. The summed E-state index contributed by atoms with van der Waals surface area (Å²) in [5.74, 6) is -0.914. The molecular weight excluding hydrogens is 380 g/mol. The summed E-state index contributed by atoms with van der Waals surface area (Å²) in [6.45, 7) is 13.6. The van der Waals surface area contributed by atoms with Gasteiger partial charge < -0.3 is 4.42 Å². The second-order valence-electron chi connectivity index (χ2n) is 8.74. The first-order valence-corrected chi connectivity index (χ1v) is 11.0. The number of para-hydroxylation sites is 1. The van der Waals surface area contributed by atoms with Gasteiger partial charge in [0.05, 0.1) is 14.9 Å². The van der Waals surface area contributed by atoms with E-state index in [-0.39, 0.29) is 6.04 Å². The Morgan fingerprint density at radius 2 is 1.87 bits per heavy atom. The van der Waals surface area contributed by atoms with Crippen LogP contribution in [0.3, 0.4) is 0 Å². The fraction of sp³-hybridized carbons (Fsp3) is 0.357. The average Bonchev–Trinajstić information content (AvgIpc) is 3.20. The van der Waals surface area contributed by atoms with Crippen molar-refractivity contribution in [3.8, 4) is 11.3 Å². The lowest BCUT2D eigenvalue weighted by Crippen LogP contribution is -2.35. The molecule has 3 heteroatoms. The van der Waals surface area contributed by atoms with E-state index in [0.29, 0.717) is 47.0 Å². The van der Waals surface area contributed by atoms with Crippen LogP contribution < -0.4 is 4.57 Å². The Bertz CT molecular complexity index is 1520. The highest BCUT2D eigenvalue weighted by molar-refractivity contribution is 6.14. The zero-order valence-electron chi connectivity index (χ0n) is 21.6. The lowest BCUT2D eigenvalue weighted by atomic mass is 9.83. The largest absolute Gasteiger partial charge is 0.466 e. The highest BCUT2D eigenvalue weighted by Gasteiger charge is 2.26. The zero-order chi connectivity index (χ0) is 24.4. The van der Waals surface area contributed by atoms with E-state index in [1.807, 2.05) is 44.5 Å². The fourth-order valence-corrected chi connectivity index (χ4v) is 5.00. The maximum Gasteiger partial charge on any atom is 0.229 e. The molecule has 2 aromatic heterocycles. The Morgan fingerprint density at radius 3 is 2.61 bits per heavy atom. The van der Waals surface area contributed by atoms with Crippen molar-refractivity contribution in [2.75, 3.05) is 0 Å². The van der Waals surface area contributed by atoms with Gasteiger partial charge in [-0.15, -0.1) is 0 Å². The van der Waals surface area contributed by atoms with Crippen molar-refractivity contribution in [1.29, 1.82) is 0 Å². The van der Waals surface area contributed by atoms with Gasteiger partial charge in [0.25, 0.3) is 0 Å². The summed E-state index contributed by atoms with van der Waals surface area (Å²) in [6, 6.07) is 8.28. The minimum absolute atomic E-state index is 0.245. The normalized spacial score (nSPS) is 17.3. The number of aryl methyl sites for hydroxylation is 2. The number of benzene rings is 2. The van der Waals surface area contributed by atoms with Crippen LogP contribution in [-0.4, -0.2) is 0 Å². The topological polar surface area (TPSA) is 21.4 Å². The molecule has 156 valence electrons. The molecule has 1 fully saturated rings. The molecule has 0 radical (unpaired) electrons. The third-order valence-electron chi connectivity index (χ3n) is 6.70. The summed E-state index contributed by atoms with van der Waals surface area (Å²) in [5.41, 5.74) is 6.49. The minimum atomic E-state index is -0.914. The molecule has 0 saturated heterocycles. The highest BCUT2D eigenvalue weighted by atomic mass is 16.3. The van der Waals surface area contributed by atoms with Gasteiger partial charge in [0.1, 0.15) is 18.2 Å². The Hall–Kier alpha value is -3.12. The number of pyridine rings is 1. The molecule has 2 aromatic carbocycles. The van der Waals surface area contributed by atoms with Gasteiger partial charge >= 0.3 is 0 Å². The van der Waals surface area contributed by atoms with E-state index < -0.39 is 5.89 Å². The smallest absolute Gasteiger partial charge is 0.229 e. The summed E-state index contributed by atoms with van der Waals surface area (Å²) in [4.78, 5) is 3.66. The predicted molar refractivity (Wildman–Crippen MR) is 127 cm³/mol. The Balaban J connectivity index is 1.93. The van der Waals surface area contributed by atoms with Gasteiger partial charge in [-0.1, -0.05) is 43.5 Å². The van der Waals surface area contributed by atoms with Crippen molar-refractivity contribution in [2.45, 2.75) is 58.8 Å². The molecule has 0 amide bonds. The molecule has 3 nitrogen and oxygen atoms in total. The molecule has 0 bridgehead atoms. The van der Waals surface area contributed by atoms with Gasteiger partial charge in [-0.2, -0.15) is 4.57 Å². The molecule has 0 atom stereocenters. The summed E-state index contributed by atoms with van der Waals surface area (Å²) in [7, 11) is 1.89. The third kappa shape index (κ3) is 3.13. The van der Waals surface area contributed by atoms with Crippen molar-refractivity contribution in [3.05, 3.63) is 70.2 Å². The van der Waals surface area contributed by atoms with Crippen molar-refractivity contribution in [2.24, 2.45) is 7.05 Å². The molecule has 31 heavy (non-hydrogen) atoms. The Morgan fingerprint density at radius 1 is 1.10 bits per heavy atom. The zero-order valence-corrected chi connectivity index (χ0v) is 18.6. The monoisotopic (exact) mass is 412 g/mol. The maximum absolute atomic E-state index is 9.31. The molecule has 0 aliphatic heterocycles. The number of nitrogens with zero attached hydrogens (tertiary/aromatic N) is 2. The summed E-state index contributed by atoms with van der Waals surface area (Å²) < 4.78 is 35.7. The van der Waals surface area contributed by atoms with Gasteiger partial charge in [0.2, 0.25) is 11.4 Å². The molecule has 1 aliphatic rings. The van der Waals surface area contributed by atoms with Crippen molar-refractivity contribution in [3.63, 3.8) is 0 Å². The molecular formula is C28H29N2O+. The van der Waals surface area contributed by atoms with Gasteiger partial charge in [-0.3, -0.25) is 0 Å². The molecule has 0 spiro atoms. The highest BCUT2D eigenvalue weighted by Crippen LogP contribution is 2.42. The lowest BCUT2D eigenvalue weighted by Gasteiger charge is -2.22. The molecule has 1 saturated carbocycles. The van der Waals surface area contributed by atoms with E-state index in [2.05, 4.69) is 10.9 Å². The number of hydrogen-bond acceptors (Lipinski definition) is 1. The Kier molecular flexibility index (Phi) is 4.02. The van der Waals surface area contributed by atoms with E-state index in [4.69, 9.17) is 12.4 Å². The Labute approximate surface area is 188 Å². The average molecular weight is 413 g/mol. The molecule has 4 aromatic rings. The van der Waals surface area contributed by atoms with Crippen LogP contribution in [0.5, 0.6) is 0 Å². The van der Waals surface area contributed by atoms with Crippen LogP contribution in [-0.2, 0) is 7.05 Å². The summed E-state index contributed by atoms with van der Waals surface area (Å²) >= 11 is 0. The van der Waals surface area contributed by atoms with E-state index in [0.717, 1.165) is 52.4 Å². The second kappa shape index (κ2) is 7.54. The first-order valence-electron chi connectivity index (χ1n) is 12.5. The van der Waals surface area contributed by atoms with E-state index >= 15 is 0 Å². The van der Waals surface area contributed by atoms with Crippen LogP contribution in [0.1, 0.15) is 64.5 Å². The van der Waals surface area contributed by atoms with Crippen LogP contribution in [0.2, 0.25) is 0 Å². The quantitative estimate of drug-likeness (QED) is 0.245. The SMILES string of the molecule is [2H]c1c(C2([2H])CCCCC2)c([2H])c(-c2c(C)cc(C)c3c2oc2c([N+]#[C-])cccc23)[n+](C)c1C. The first-order chi connectivity index (χ1) is 16.2. The van der Waals surface area contributed by atoms with Crippen LogP contribution >= 0.6 is 0 Å². The van der Waals surface area contributed by atoms with Gasteiger partial charge in [-0.05, 0) is 49.3 Å². The molecule has 0 unspecified atom stereocenters. The third-order valence-corrected chi connectivity index (χ3v) is 6.70. The van der Waals surface area contributed by atoms with Crippen molar-refractivity contribution >= 4 is 27.6 Å². The number of aromatic nitrogens is 1. The van der Waals surface area contributed by atoms with Gasteiger partial charge in [0.15, 0.2) is 5.69 Å². The maximum atomic E-state index is 9.31. The summed E-state index contributed by atoms with van der Waals surface area (Å²) in [6.07, 6.45) is 4.37. The molecule has 1 aliphatic carbocycles. The van der Waals surface area contributed by atoms with Crippen LogP contribution in [0.15, 0.2) is 40.8 Å².